The number of nitrogens with zero attached hydrogens (tertiary/aromatic N) is 1. The maximum atomic E-state index is 12.5. The predicted octanol–water partition coefficient (Wildman–Crippen LogP) is 5.52. The molecule has 0 aliphatic heterocycles. The van der Waals surface area contributed by atoms with Crippen molar-refractivity contribution in [2.75, 3.05) is 0 Å². The van der Waals surface area contributed by atoms with Gasteiger partial charge in [0, 0.05) is 17.7 Å². The van der Waals surface area contributed by atoms with Crippen molar-refractivity contribution in [1.29, 1.82) is 0 Å². The first-order valence-electron chi connectivity index (χ1n) is 9.99. The number of aromatic nitrogens is 1. The lowest BCUT2D eigenvalue weighted by Crippen LogP contribution is -2.22. The summed E-state index contributed by atoms with van der Waals surface area (Å²) in [4.78, 5) is 17.0. The number of carbonyl (C=O) groups is 1. The maximum Gasteiger partial charge on any atom is 0.251 e. The van der Waals surface area contributed by atoms with Gasteiger partial charge in [0.2, 0.25) is 5.89 Å². The molecule has 0 aliphatic rings. The number of ether oxygens (including phenoxy) is 1. The fourth-order valence-corrected chi connectivity index (χ4v) is 3.19. The number of amides is 1. The Morgan fingerprint density at radius 1 is 1.07 bits per heavy atom. The zero-order valence-electron chi connectivity index (χ0n) is 17.3. The molecule has 1 amide bonds. The molecule has 0 radical (unpaired) electrons. The molecule has 1 heterocycles. The van der Waals surface area contributed by atoms with Crippen LogP contribution in [0.5, 0.6) is 5.75 Å². The van der Waals surface area contributed by atoms with Gasteiger partial charge >= 0.3 is 0 Å². The van der Waals surface area contributed by atoms with E-state index in [1.165, 1.54) is 0 Å². The highest BCUT2D eigenvalue weighted by Crippen LogP contribution is 2.25. The van der Waals surface area contributed by atoms with Crippen molar-refractivity contribution in [3.8, 4) is 17.2 Å². The van der Waals surface area contributed by atoms with Crippen molar-refractivity contribution in [2.45, 2.75) is 33.4 Å². The van der Waals surface area contributed by atoms with Gasteiger partial charge in [0.15, 0.2) is 5.58 Å². The fourth-order valence-electron chi connectivity index (χ4n) is 3.19. The van der Waals surface area contributed by atoms with E-state index in [1.807, 2.05) is 75.4 Å². The lowest BCUT2D eigenvalue weighted by Gasteiger charge is -2.11. The first-order chi connectivity index (χ1) is 14.5. The van der Waals surface area contributed by atoms with Crippen LogP contribution < -0.4 is 10.1 Å². The van der Waals surface area contributed by atoms with Gasteiger partial charge in [-0.15, -0.1) is 0 Å². The monoisotopic (exact) mass is 400 g/mol. The fraction of sp³-hybridized carbons (Fsp3) is 0.200. The molecule has 0 saturated carbocycles. The second kappa shape index (κ2) is 8.41. The van der Waals surface area contributed by atoms with Crippen LogP contribution >= 0.6 is 0 Å². The van der Waals surface area contributed by atoms with Crippen LogP contribution in [-0.4, -0.2) is 17.0 Å². The minimum atomic E-state index is -0.136. The summed E-state index contributed by atoms with van der Waals surface area (Å²) in [5, 5.41) is 2.95. The number of rotatable bonds is 6. The molecule has 0 unspecified atom stereocenters. The summed E-state index contributed by atoms with van der Waals surface area (Å²) in [6, 6.07) is 21.0. The number of aryl methyl sites for hydroxylation is 1. The highest BCUT2D eigenvalue weighted by atomic mass is 16.5. The first kappa shape index (κ1) is 19.7. The number of hydrogen-bond acceptors (Lipinski definition) is 4. The Morgan fingerprint density at radius 2 is 1.87 bits per heavy atom. The summed E-state index contributed by atoms with van der Waals surface area (Å²) in [6.07, 6.45) is 0.0621. The molecule has 1 N–H and O–H groups in total. The molecular weight excluding hydrogens is 376 g/mol. The lowest BCUT2D eigenvalue weighted by atomic mass is 10.1. The van der Waals surface area contributed by atoms with Crippen LogP contribution in [0.4, 0.5) is 0 Å². The summed E-state index contributed by atoms with van der Waals surface area (Å²) in [6.45, 7) is 6.37. The van der Waals surface area contributed by atoms with Gasteiger partial charge in [-0.05, 0) is 74.4 Å². The normalized spacial score (nSPS) is 11.1. The molecule has 5 nitrogen and oxygen atoms in total. The lowest BCUT2D eigenvalue weighted by molar-refractivity contribution is 0.0950. The number of nitrogens with one attached hydrogen (secondary N) is 1. The zero-order valence-corrected chi connectivity index (χ0v) is 17.3. The Balaban J connectivity index is 1.41. The van der Waals surface area contributed by atoms with Crippen LogP contribution in [0.3, 0.4) is 0 Å². The Labute approximate surface area is 175 Å². The maximum absolute atomic E-state index is 12.5. The van der Waals surface area contributed by atoms with Crippen molar-refractivity contribution in [3.63, 3.8) is 0 Å². The molecule has 30 heavy (non-hydrogen) atoms. The van der Waals surface area contributed by atoms with E-state index in [1.54, 1.807) is 12.1 Å². The van der Waals surface area contributed by atoms with E-state index in [9.17, 15) is 4.79 Å². The molecule has 0 bridgehead atoms. The predicted molar refractivity (Wildman–Crippen MR) is 118 cm³/mol. The Kier molecular flexibility index (Phi) is 5.53. The highest BCUT2D eigenvalue weighted by molar-refractivity contribution is 5.94. The van der Waals surface area contributed by atoms with E-state index in [0.717, 1.165) is 27.8 Å². The number of benzene rings is 3. The number of oxazole rings is 1. The number of fused-ring (bicyclic) bond motifs is 1. The van der Waals surface area contributed by atoms with Crippen LogP contribution in [0.15, 0.2) is 71.1 Å². The molecule has 0 spiro atoms. The van der Waals surface area contributed by atoms with Crippen molar-refractivity contribution in [3.05, 3.63) is 83.4 Å². The van der Waals surface area contributed by atoms with Gasteiger partial charge in [-0.2, -0.15) is 0 Å². The second-order valence-electron chi connectivity index (χ2n) is 7.56. The quantitative estimate of drug-likeness (QED) is 0.463. The standard InChI is InChI=1S/C25H24N2O3/c1-16(2)29-21-6-4-5-20(14-21)24(28)26-15-18-8-10-19(11-9-18)25-27-22-12-7-17(3)13-23(22)30-25/h4-14,16H,15H2,1-3H3,(H,26,28). The van der Waals surface area contributed by atoms with Crippen LogP contribution in [0.1, 0.15) is 35.3 Å². The van der Waals surface area contributed by atoms with Gasteiger partial charge in [-0.1, -0.05) is 24.3 Å². The smallest absolute Gasteiger partial charge is 0.251 e. The average molecular weight is 400 g/mol. The van der Waals surface area contributed by atoms with Crippen LogP contribution in [-0.2, 0) is 6.54 Å². The topological polar surface area (TPSA) is 64.4 Å². The van der Waals surface area contributed by atoms with Crippen LogP contribution in [0, 0.1) is 6.92 Å². The molecule has 1 aromatic heterocycles. The third-order valence-corrected chi connectivity index (χ3v) is 4.67. The van der Waals surface area contributed by atoms with E-state index in [0.29, 0.717) is 23.7 Å². The molecule has 4 rings (SSSR count). The minimum absolute atomic E-state index is 0.0621. The summed E-state index contributed by atoms with van der Waals surface area (Å²) in [5.74, 6) is 1.14. The average Bonchev–Trinajstić information content (AvgIpc) is 3.15. The molecule has 5 heteroatoms. The van der Waals surface area contributed by atoms with E-state index >= 15 is 0 Å². The summed E-state index contributed by atoms with van der Waals surface area (Å²) in [5.41, 5.74) is 5.23. The minimum Gasteiger partial charge on any atom is -0.491 e. The number of hydrogen-bond donors (Lipinski definition) is 1. The highest BCUT2D eigenvalue weighted by Gasteiger charge is 2.10. The first-order valence-corrected chi connectivity index (χ1v) is 9.99. The third-order valence-electron chi connectivity index (χ3n) is 4.67. The molecule has 0 atom stereocenters. The van der Waals surface area contributed by atoms with Gasteiger partial charge in [-0.3, -0.25) is 4.79 Å². The summed E-state index contributed by atoms with van der Waals surface area (Å²) in [7, 11) is 0. The summed E-state index contributed by atoms with van der Waals surface area (Å²) < 4.78 is 11.5. The third kappa shape index (κ3) is 4.51. The summed E-state index contributed by atoms with van der Waals surface area (Å²) >= 11 is 0. The molecular formula is C25H24N2O3. The Morgan fingerprint density at radius 3 is 2.63 bits per heavy atom. The van der Waals surface area contributed by atoms with Gasteiger partial charge in [0.05, 0.1) is 6.10 Å². The van der Waals surface area contributed by atoms with Gasteiger partial charge in [0.1, 0.15) is 11.3 Å². The molecule has 0 aliphatic carbocycles. The SMILES string of the molecule is Cc1ccc2nc(-c3ccc(CNC(=O)c4cccc(OC(C)C)c4)cc3)oc2c1. The van der Waals surface area contributed by atoms with Crippen LogP contribution in [0.25, 0.3) is 22.6 Å². The molecule has 4 aromatic rings. The van der Waals surface area contributed by atoms with Gasteiger partial charge < -0.3 is 14.5 Å². The Hall–Kier alpha value is -3.60. The molecule has 0 fully saturated rings. The van der Waals surface area contributed by atoms with E-state index in [2.05, 4.69) is 10.3 Å². The van der Waals surface area contributed by atoms with Crippen LogP contribution in [0.2, 0.25) is 0 Å². The van der Waals surface area contributed by atoms with E-state index < -0.39 is 0 Å². The van der Waals surface area contributed by atoms with Crippen molar-refractivity contribution < 1.29 is 13.9 Å². The van der Waals surface area contributed by atoms with Crippen molar-refractivity contribution >= 4 is 17.0 Å². The van der Waals surface area contributed by atoms with E-state index in [4.69, 9.17) is 9.15 Å². The zero-order chi connectivity index (χ0) is 21.1. The Bertz CT molecular complexity index is 1180. The molecule has 3 aromatic carbocycles. The molecule has 152 valence electrons. The van der Waals surface area contributed by atoms with Crippen molar-refractivity contribution in [2.24, 2.45) is 0 Å². The van der Waals surface area contributed by atoms with Crippen molar-refractivity contribution in [1.82, 2.24) is 10.3 Å². The largest absolute Gasteiger partial charge is 0.491 e. The van der Waals surface area contributed by atoms with Gasteiger partial charge in [-0.25, -0.2) is 4.98 Å². The van der Waals surface area contributed by atoms with Gasteiger partial charge in [0.25, 0.3) is 5.91 Å². The molecule has 0 saturated heterocycles. The second-order valence-corrected chi connectivity index (χ2v) is 7.56. The number of carbonyl (C=O) groups excluding carboxylic acids is 1. The van der Waals surface area contributed by atoms with E-state index in [-0.39, 0.29) is 12.0 Å².